The van der Waals surface area contributed by atoms with Crippen LogP contribution >= 0.6 is 0 Å². The summed E-state index contributed by atoms with van der Waals surface area (Å²) < 4.78 is 37.6. The fraction of sp³-hybridized carbons (Fsp3) is 0.571. The minimum atomic E-state index is -4.60. The highest BCUT2D eigenvalue weighted by Gasteiger charge is 2.39. The molecule has 1 rings (SSSR count). The third-order valence-electron chi connectivity index (χ3n) is 2.78. The van der Waals surface area contributed by atoms with Gasteiger partial charge < -0.3 is 5.11 Å². The van der Waals surface area contributed by atoms with E-state index in [4.69, 9.17) is 0 Å². The van der Waals surface area contributed by atoms with Crippen molar-refractivity contribution < 1.29 is 18.3 Å². The van der Waals surface area contributed by atoms with Crippen LogP contribution in [0.2, 0.25) is 0 Å². The molecular formula is C14H19F3O. The smallest absolute Gasteiger partial charge is 0.379 e. The van der Waals surface area contributed by atoms with Crippen LogP contribution in [0, 0.1) is 0 Å². The van der Waals surface area contributed by atoms with Crippen LogP contribution in [0.15, 0.2) is 18.2 Å². The highest BCUT2D eigenvalue weighted by atomic mass is 19.4. The van der Waals surface area contributed by atoms with Crippen molar-refractivity contribution in [2.45, 2.75) is 51.8 Å². The van der Waals surface area contributed by atoms with Gasteiger partial charge in [-0.1, -0.05) is 44.9 Å². The molecule has 0 heterocycles. The molecule has 1 unspecified atom stereocenters. The van der Waals surface area contributed by atoms with Gasteiger partial charge in [0.25, 0.3) is 0 Å². The molecule has 1 N–H and O–H groups in total. The van der Waals surface area contributed by atoms with Gasteiger partial charge in [-0.3, -0.25) is 0 Å². The van der Waals surface area contributed by atoms with Crippen LogP contribution in [0.3, 0.4) is 0 Å². The van der Waals surface area contributed by atoms with Crippen LogP contribution in [0.5, 0.6) is 0 Å². The zero-order valence-corrected chi connectivity index (χ0v) is 10.7. The molecule has 102 valence electrons. The van der Waals surface area contributed by atoms with Gasteiger partial charge >= 0.3 is 6.18 Å². The summed E-state index contributed by atoms with van der Waals surface area (Å²) in [6, 6.07) is 4.85. The Morgan fingerprint density at radius 3 is 1.78 bits per heavy atom. The molecule has 4 heteroatoms. The Morgan fingerprint density at radius 1 is 1.00 bits per heavy atom. The van der Waals surface area contributed by atoms with Crippen LogP contribution in [-0.4, -0.2) is 11.3 Å². The summed E-state index contributed by atoms with van der Waals surface area (Å²) in [5.74, 6) is 0. The van der Waals surface area contributed by atoms with Crippen molar-refractivity contribution in [2.24, 2.45) is 0 Å². The number of aliphatic hydroxyl groups is 1. The van der Waals surface area contributed by atoms with Gasteiger partial charge in [0, 0.05) is 0 Å². The summed E-state index contributed by atoms with van der Waals surface area (Å²) in [6.07, 6.45) is -3.78. The molecule has 1 aromatic rings. The molecular weight excluding hydrogens is 241 g/mol. The molecule has 0 radical (unpaired) electrons. The second-order valence-electron chi connectivity index (χ2n) is 4.53. The van der Waals surface area contributed by atoms with E-state index < -0.39 is 12.3 Å². The van der Waals surface area contributed by atoms with Crippen LogP contribution in [0.4, 0.5) is 13.2 Å². The number of hydrogen-bond acceptors (Lipinski definition) is 1. The Balaban J connectivity index is 3.09. The lowest BCUT2D eigenvalue weighted by Crippen LogP contribution is -2.20. The first-order valence-electron chi connectivity index (χ1n) is 6.26. The van der Waals surface area contributed by atoms with Crippen molar-refractivity contribution in [3.63, 3.8) is 0 Å². The summed E-state index contributed by atoms with van der Waals surface area (Å²) in [6.45, 7) is 3.96. The quantitative estimate of drug-likeness (QED) is 0.841. The molecule has 0 bridgehead atoms. The standard InChI is InChI=1S/C14H19F3O/c1-3-5-10-7-11(6-4-2)9-12(8-10)13(18)14(15,16)17/h7-9,13,18H,3-6H2,1-2H3. The van der Waals surface area contributed by atoms with Gasteiger partial charge in [0.2, 0.25) is 0 Å². The molecule has 1 aromatic carbocycles. The van der Waals surface area contributed by atoms with E-state index in [0.717, 1.165) is 36.8 Å². The van der Waals surface area contributed by atoms with Crippen LogP contribution in [0.25, 0.3) is 0 Å². The van der Waals surface area contributed by atoms with Crippen LogP contribution in [0.1, 0.15) is 49.5 Å². The summed E-state index contributed by atoms with van der Waals surface area (Å²) in [5.41, 5.74) is 1.68. The van der Waals surface area contributed by atoms with Gasteiger partial charge in [-0.25, -0.2) is 0 Å². The van der Waals surface area contributed by atoms with Crippen molar-refractivity contribution >= 4 is 0 Å². The largest absolute Gasteiger partial charge is 0.418 e. The zero-order valence-electron chi connectivity index (χ0n) is 10.7. The van der Waals surface area contributed by atoms with E-state index >= 15 is 0 Å². The lowest BCUT2D eigenvalue weighted by atomic mass is 9.97. The maximum Gasteiger partial charge on any atom is 0.418 e. The molecule has 0 fully saturated rings. The molecule has 0 aliphatic carbocycles. The summed E-state index contributed by atoms with van der Waals surface area (Å²) in [7, 11) is 0. The summed E-state index contributed by atoms with van der Waals surface area (Å²) >= 11 is 0. The molecule has 0 aliphatic heterocycles. The number of alkyl halides is 3. The van der Waals surface area contributed by atoms with E-state index in [1.165, 1.54) is 12.1 Å². The second-order valence-corrected chi connectivity index (χ2v) is 4.53. The average Bonchev–Trinajstić information content (AvgIpc) is 2.27. The summed E-state index contributed by atoms with van der Waals surface area (Å²) in [4.78, 5) is 0. The Morgan fingerprint density at radius 2 is 1.44 bits per heavy atom. The molecule has 0 saturated heterocycles. The van der Waals surface area contributed by atoms with E-state index in [1.807, 2.05) is 19.9 Å². The van der Waals surface area contributed by atoms with Crippen molar-refractivity contribution in [3.8, 4) is 0 Å². The highest BCUT2D eigenvalue weighted by molar-refractivity contribution is 5.32. The molecule has 0 aliphatic rings. The van der Waals surface area contributed by atoms with E-state index in [0.29, 0.717) is 0 Å². The topological polar surface area (TPSA) is 20.2 Å². The maximum absolute atomic E-state index is 12.5. The van der Waals surface area contributed by atoms with Crippen LogP contribution < -0.4 is 0 Å². The molecule has 0 aromatic heterocycles. The number of hydrogen-bond donors (Lipinski definition) is 1. The number of rotatable bonds is 5. The van der Waals surface area contributed by atoms with Crippen molar-refractivity contribution in [1.29, 1.82) is 0 Å². The first kappa shape index (κ1) is 15.0. The fourth-order valence-electron chi connectivity index (χ4n) is 2.00. The molecule has 1 atom stereocenters. The van der Waals surface area contributed by atoms with Crippen LogP contribution in [-0.2, 0) is 12.8 Å². The van der Waals surface area contributed by atoms with Crippen molar-refractivity contribution in [3.05, 3.63) is 34.9 Å². The predicted molar refractivity (Wildman–Crippen MR) is 65.4 cm³/mol. The Labute approximate surface area is 106 Å². The number of halogens is 3. The summed E-state index contributed by atoms with van der Waals surface area (Å²) in [5, 5.41) is 9.32. The first-order chi connectivity index (χ1) is 8.38. The highest BCUT2D eigenvalue weighted by Crippen LogP contribution is 2.33. The minimum absolute atomic E-state index is 0.0445. The van der Waals surface area contributed by atoms with E-state index in [1.54, 1.807) is 0 Å². The Hall–Kier alpha value is -1.03. The lowest BCUT2D eigenvalue weighted by molar-refractivity contribution is -0.206. The molecule has 0 spiro atoms. The molecule has 0 saturated carbocycles. The van der Waals surface area contributed by atoms with E-state index in [9.17, 15) is 18.3 Å². The third-order valence-corrected chi connectivity index (χ3v) is 2.78. The van der Waals surface area contributed by atoms with Gasteiger partial charge in [0.15, 0.2) is 6.10 Å². The Kier molecular flexibility index (Phi) is 5.20. The Bertz CT molecular complexity index is 361. The van der Waals surface area contributed by atoms with Crippen molar-refractivity contribution in [1.82, 2.24) is 0 Å². The van der Waals surface area contributed by atoms with Gasteiger partial charge in [-0.2, -0.15) is 13.2 Å². The zero-order chi connectivity index (χ0) is 13.8. The number of aryl methyl sites for hydroxylation is 2. The third kappa shape index (κ3) is 4.02. The normalized spacial score (nSPS) is 13.7. The SMILES string of the molecule is CCCc1cc(CCC)cc(C(O)C(F)(F)F)c1. The average molecular weight is 260 g/mol. The maximum atomic E-state index is 12.5. The van der Waals surface area contributed by atoms with Crippen molar-refractivity contribution in [2.75, 3.05) is 0 Å². The lowest BCUT2D eigenvalue weighted by Gasteiger charge is -2.17. The first-order valence-corrected chi connectivity index (χ1v) is 6.26. The second kappa shape index (κ2) is 6.23. The monoisotopic (exact) mass is 260 g/mol. The molecule has 1 nitrogen and oxygen atoms in total. The van der Waals surface area contributed by atoms with E-state index in [2.05, 4.69) is 0 Å². The minimum Gasteiger partial charge on any atom is -0.379 e. The van der Waals surface area contributed by atoms with Gasteiger partial charge in [0.05, 0.1) is 0 Å². The number of benzene rings is 1. The number of aliphatic hydroxyl groups excluding tert-OH is 1. The van der Waals surface area contributed by atoms with E-state index in [-0.39, 0.29) is 5.56 Å². The van der Waals surface area contributed by atoms with Gasteiger partial charge in [-0.15, -0.1) is 0 Å². The molecule has 18 heavy (non-hydrogen) atoms. The fourth-order valence-corrected chi connectivity index (χ4v) is 2.00. The van der Waals surface area contributed by atoms with Gasteiger partial charge in [-0.05, 0) is 29.5 Å². The van der Waals surface area contributed by atoms with Gasteiger partial charge in [0.1, 0.15) is 0 Å². The molecule has 0 amide bonds. The predicted octanol–water partition coefficient (Wildman–Crippen LogP) is 4.19.